The third-order valence-corrected chi connectivity index (χ3v) is 6.34. The van der Waals surface area contributed by atoms with E-state index in [1.54, 1.807) is 6.92 Å². The van der Waals surface area contributed by atoms with E-state index in [1.807, 2.05) is 0 Å². The van der Waals surface area contributed by atoms with E-state index in [0.29, 0.717) is 23.8 Å². The lowest BCUT2D eigenvalue weighted by atomic mass is 9.97. The largest absolute Gasteiger partial charge is 0.573 e. The van der Waals surface area contributed by atoms with Gasteiger partial charge in [-0.05, 0) is 59.5 Å². The second kappa shape index (κ2) is 9.73. The molecule has 0 spiro atoms. The van der Waals surface area contributed by atoms with Crippen LogP contribution in [0.2, 0.25) is 0 Å². The van der Waals surface area contributed by atoms with Gasteiger partial charge in [0.25, 0.3) is 5.91 Å². The summed E-state index contributed by atoms with van der Waals surface area (Å²) in [5, 5.41) is 12.3. The van der Waals surface area contributed by atoms with Gasteiger partial charge in [0.2, 0.25) is 0 Å². The highest BCUT2D eigenvalue weighted by molar-refractivity contribution is 6.05. The number of hydrogen-bond donors (Lipinski definition) is 2. The molecule has 2 N–H and O–H groups in total. The first-order valence-electron chi connectivity index (χ1n) is 11.3. The number of nitrogens with one attached hydrogen (secondary N) is 1. The van der Waals surface area contributed by atoms with Crippen molar-refractivity contribution >= 4 is 22.6 Å². The summed E-state index contributed by atoms with van der Waals surface area (Å²) >= 11 is 0. The maximum Gasteiger partial charge on any atom is 0.573 e. The van der Waals surface area contributed by atoms with Gasteiger partial charge < -0.3 is 19.9 Å². The predicted octanol–water partition coefficient (Wildman–Crippen LogP) is 6.32. The molecule has 38 heavy (non-hydrogen) atoms. The van der Waals surface area contributed by atoms with Crippen molar-refractivity contribution in [3.63, 3.8) is 0 Å². The molecule has 0 saturated heterocycles. The molecule has 1 saturated carbocycles. The minimum atomic E-state index is -4.88. The molecule has 1 aliphatic rings. The van der Waals surface area contributed by atoms with Crippen molar-refractivity contribution in [2.75, 3.05) is 0 Å². The number of benzene rings is 3. The fourth-order valence-electron chi connectivity index (χ4n) is 3.97. The van der Waals surface area contributed by atoms with Crippen LogP contribution in [-0.4, -0.2) is 29.4 Å². The molecule has 0 bridgehead atoms. The van der Waals surface area contributed by atoms with Gasteiger partial charge in [-0.3, -0.25) is 4.79 Å². The minimum Gasteiger partial charge on any atom is -0.487 e. The van der Waals surface area contributed by atoms with Crippen LogP contribution in [0.1, 0.15) is 41.3 Å². The molecule has 0 unspecified atom stereocenters. The Hall–Kier alpha value is -3.96. The van der Waals surface area contributed by atoms with Crippen molar-refractivity contribution in [3.8, 4) is 11.5 Å². The topological polar surface area (TPSA) is 84.9 Å². The third-order valence-electron chi connectivity index (χ3n) is 6.34. The second-order valence-corrected chi connectivity index (χ2v) is 9.26. The number of aliphatic carboxylic acids is 1. The molecule has 0 aliphatic heterocycles. The number of carboxylic acid groups (broad SMARTS) is 1. The zero-order valence-corrected chi connectivity index (χ0v) is 19.7. The van der Waals surface area contributed by atoms with Gasteiger partial charge in [0.05, 0.1) is 11.1 Å². The van der Waals surface area contributed by atoms with Crippen molar-refractivity contribution in [1.29, 1.82) is 0 Å². The van der Waals surface area contributed by atoms with E-state index in [-0.39, 0.29) is 23.3 Å². The van der Waals surface area contributed by atoms with Gasteiger partial charge in [-0.15, -0.1) is 13.2 Å². The molecule has 12 heteroatoms. The lowest BCUT2D eigenvalue weighted by molar-refractivity contribution is -0.274. The molecule has 6 nitrogen and oxygen atoms in total. The molecular formula is C26H21F6NO5. The average Bonchev–Trinajstić information content (AvgIpc) is 3.57. The fourth-order valence-corrected chi connectivity index (χ4v) is 3.97. The molecule has 1 amide bonds. The van der Waals surface area contributed by atoms with Crippen LogP contribution in [0.4, 0.5) is 26.3 Å². The van der Waals surface area contributed by atoms with Crippen LogP contribution in [0.15, 0.2) is 54.6 Å². The summed E-state index contributed by atoms with van der Waals surface area (Å²) in [7, 11) is 0. The summed E-state index contributed by atoms with van der Waals surface area (Å²) in [4.78, 5) is 24.9. The molecule has 3 aromatic carbocycles. The van der Waals surface area contributed by atoms with Crippen LogP contribution in [0.3, 0.4) is 0 Å². The highest BCUT2D eigenvalue weighted by Gasteiger charge is 2.49. The van der Waals surface area contributed by atoms with Gasteiger partial charge in [0.15, 0.2) is 0 Å². The summed E-state index contributed by atoms with van der Waals surface area (Å²) in [5.41, 5.74) is -1.49. The number of halogens is 6. The van der Waals surface area contributed by atoms with Gasteiger partial charge in [-0.1, -0.05) is 31.2 Å². The van der Waals surface area contributed by atoms with Gasteiger partial charge in [-0.2, -0.15) is 13.2 Å². The number of ether oxygens (including phenoxy) is 2. The van der Waals surface area contributed by atoms with Gasteiger partial charge in [0.1, 0.15) is 24.1 Å². The number of carbonyl (C=O) groups excluding carboxylic acids is 1. The first-order valence-corrected chi connectivity index (χ1v) is 11.3. The van der Waals surface area contributed by atoms with E-state index in [4.69, 9.17) is 4.74 Å². The Balaban J connectivity index is 1.69. The maximum atomic E-state index is 13.4. The van der Waals surface area contributed by atoms with E-state index in [2.05, 4.69) is 10.1 Å². The van der Waals surface area contributed by atoms with E-state index in [0.717, 1.165) is 24.3 Å². The number of fused-ring (bicyclic) bond motifs is 1. The Kier molecular flexibility index (Phi) is 6.94. The van der Waals surface area contributed by atoms with E-state index < -0.39 is 47.2 Å². The van der Waals surface area contributed by atoms with Crippen LogP contribution in [0.5, 0.6) is 11.5 Å². The monoisotopic (exact) mass is 541 g/mol. The molecule has 202 valence electrons. The molecule has 1 aliphatic carbocycles. The molecule has 0 radical (unpaired) electrons. The SMILES string of the molecule is CC1([C@H](NC(=O)c2ccc3ccc(C(F)(F)F)cc3c2OCc2ccc(OC(F)(F)F)cc2)C(=O)O)CC1. The highest BCUT2D eigenvalue weighted by Crippen LogP contribution is 2.48. The Morgan fingerprint density at radius 1 is 1.00 bits per heavy atom. The van der Waals surface area contributed by atoms with Crippen molar-refractivity contribution in [1.82, 2.24) is 5.32 Å². The summed E-state index contributed by atoms with van der Waals surface area (Å²) in [6, 6.07) is 9.02. The fraction of sp³-hybridized carbons (Fsp3) is 0.308. The number of carbonyl (C=O) groups is 2. The number of amides is 1. The number of carboxylic acids is 1. The standard InChI is InChI=1S/C26H21F6NO5/c1-24(10-11-24)21(23(35)36)33-22(34)18-9-5-15-4-6-16(25(27,28)29)12-19(15)20(18)37-13-14-2-7-17(8-3-14)38-26(30,31)32/h2-9,12,21H,10-11,13H2,1H3,(H,33,34)(H,35,36)/t21-/m1/s1. The lowest BCUT2D eigenvalue weighted by Gasteiger charge is -2.22. The Labute approximate surface area is 212 Å². The summed E-state index contributed by atoms with van der Waals surface area (Å²) in [5.74, 6) is -2.81. The number of alkyl halides is 6. The first-order chi connectivity index (χ1) is 17.7. The van der Waals surface area contributed by atoms with E-state index in [1.165, 1.54) is 30.3 Å². The predicted molar refractivity (Wildman–Crippen MR) is 123 cm³/mol. The van der Waals surface area contributed by atoms with Crippen molar-refractivity contribution in [2.24, 2.45) is 5.41 Å². The molecule has 3 aromatic rings. The molecular weight excluding hydrogens is 520 g/mol. The van der Waals surface area contributed by atoms with Crippen molar-refractivity contribution in [2.45, 2.75) is 45.0 Å². The smallest absolute Gasteiger partial charge is 0.487 e. The average molecular weight is 541 g/mol. The van der Waals surface area contributed by atoms with Crippen molar-refractivity contribution in [3.05, 3.63) is 71.3 Å². The third kappa shape index (κ3) is 6.12. The Bertz CT molecular complexity index is 1360. The summed E-state index contributed by atoms with van der Waals surface area (Å²) < 4.78 is 87.1. The van der Waals surface area contributed by atoms with E-state index in [9.17, 15) is 41.0 Å². The Morgan fingerprint density at radius 3 is 2.18 bits per heavy atom. The second-order valence-electron chi connectivity index (χ2n) is 9.26. The van der Waals surface area contributed by atoms with Gasteiger partial charge >= 0.3 is 18.5 Å². The van der Waals surface area contributed by atoms with E-state index >= 15 is 0 Å². The van der Waals surface area contributed by atoms with Crippen LogP contribution >= 0.6 is 0 Å². The van der Waals surface area contributed by atoms with Crippen LogP contribution in [0, 0.1) is 5.41 Å². The molecule has 4 rings (SSSR count). The van der Waals surface area contributed by atoms with Gasteiger partial charge in [-0.25, -0.2) is 4.79 Å². The lowest BCUT2D eigenvalue weighted by Crippen LogP contribution is -2.46. The van der Waals surface area contributed by atoms with Crippen molar-refractivity contribution < 1.29 is 50.5 Å². The van der Waals surface area contributed by atoms with Crippen LogP contribution < -0.4 is 14.8 Å². The van der Waals surface area contributed by atoms with Gasteiger partial charge in [0, 0.05) is 5.39 Å². The Morgan fingerprint density at radius 2 is 1.63 bits per heavy atom. The normalized spacial score (nSPS) is 15.6. The quantitative estimate of drug-likeness (QED) is 0.326. The van der Waals surface area contributed by atoms with Crippen LogP contribution in [0.25, 0.3) is 10.8 Å². The maximum absolute atomic E-state index is 13.4. The number of hydrogen-bond acceptors (Lipinski definition) is 4. The molecule has 0 heterocycles. The summed E-state index contributed by atoms with van der Waals surface area (Å²) in [6.45, 7) is 1.38. The number of rotatable bonds is 8. The first kappa shape index (κ1) is 27.1. The van der Waals surface area contributed by atoms with Crippen LogP contribution in [-0.2, 0) is 17.6 Å². The highest BCUT2D eigenvalue weighted by atomic mass is 19.4. The zero-order valence-electron chi connectivity index (χ0n) is 19.7. The molecule has 1 fully saturated rings. The zero-order chi connectivity index (χ0) is 27.9. The summed E-state index contributed by atoms with van der Waals surface area (Å²) in [6.07, 6.45) is -8.42. The minimum absolute atomic E-state index is 0.0472. The molecule has 0 aromatic heterocycles. The molecule has 1 atom stereocenters.